The second-order valence-corrected chi connectivity index (χ2v) is 5.81. The van der Waals surface area contributed by atoms with Gasteiger partial charge in [0.15, 0.2) is 5.03 Å². The van der Waals surface area contributed by atoms with Gasteiger partial charge in [-0.2, -0.15) is 0 Å². The first-order chi connectivity index (χ1) is 8.90. The summed E-state index contributed by atoms with van der Waals surface area (Å²) < 4.78 is 26.0. The maximum absolute atomic E-state index is 11.3. The van der Waals surface area contributed by atoms with Gasteiger partial charge in [0.05, 0.1) is 6.54 Å². The largest absolute Gasteiger partial charge is 0.327 e. The molecule has 0 saturated carbocycles. The highest BCUT2D eigenvalue weighted by atomic mass is 32.2. The van der Waals surface area contributed by atoms with E-state index in [0.29, 0.717) is 18.8 Å². The van der Waals surface area contributed by atoms with Gasteiger partial charge in [-0.1, -0.05) is 12.1 Å². The average molecular weight is 284 g/mol. The lowest BCUT2D eigenvalue weighted by Crippen LogP contribution is -2.12. The smallest absolute Gasteiger partial charge is 0.257 e. The molecule has 8 nitrogen and oxygen atoms in total. The molecule has 0 radical (unpaired) electrons. The molecule has 2 heterocycles. The Hall–Kier alpha value is -1.74. The van der Waals surface area contributed by atoms with Crippen LogP contribution in [0.3, 0.4) is 0 Å². The Morgan fingerprint density at radius 2 is 2.11 bits per heavy atom. The van der Waals surface area contributed by atoms with Crippen molar-refractivity contribution in [2.45, 2.75) is 31.3 Å². The number of rotatable bonds is 5. The van der Waals surface area contributed by atoms with Crippen LogP contribution in [0.5, 0.6) is 0 Å². The summed E-state index contributed by atoms with van der Waals surface area (Å²) in [5, 5.41) is 12.8. The van der Waals surface area contributed by atoms with E-state index in [0.717, 1.165) is 12.1 Å². The quantitative estimate of drug-likeness (QED) is 0.808. The molecule has 0 spiro atoms. The maximum Gasteiger partial charge on any atom is 0.257 e. The maximum atomic E-state index is 11.3. The molecule has 2 rings (SSSR count). The Morgan fingerprint density at radius 3 is 2.63 bits per heavy atom. The number of nitrogens with two attached hydrogens (primary N) is 1. The second-order valence-electron chi connectivity index (χ2n) is 4.30. The van der Waals surface area contributed by atoms with Crippen molar-refractivity contribution in [3.05, 3.63) is 23.9 Å². The number of hydrogen-bond donors (Lipinski definition) is 1. The summed E-state index contributed by atoms with van der Waals surface area (Å²) in [7, 11) is -2.01. The number of sulfonamides is 1. The molecule has 104 valence electrons. The van der Waals surface area contributed by atoms with Gasteiger partial charge < -0.3 is 4.57 Å². The predicted molar refractivity (Wildman–Crippen MR) is 67.7 cm³/mol. The molecule has 0 aliphatic rings. The first kappa shape index (κ1) is 13.7. The SMILES string of the molecule is CCCc1nc(S(N)(=O)=O)cn1Cc1cn(C)nn1. The third-order valence-electron chi connectivity index (χ3n) is 2.58. The van der Waals surface area contributed by atoms with E-state index in [-0.39, 0.29) is 5.03 Å². The number of nitrogens with zero attached hydrogens (tertiary/aromatic N) is 5. The van der Waals surface area contributed by atoms with Crippen molar-refractivity contribution in [3.8, 4) is 0 Å². The summed E-state index contributed by atoms with van der Waals surface area (Å²) in [4.78, 5) is 4.07. The van der Waals surface area contributed by atoms with E-state index in [9.17, 15) is 8.42 Å². The summed E-state index contributed by atoms with van der Waals surface area (Å²) in [5.74, 6) is 0.678. The van der Waals surface area contributed by atoms with Crippen LogP contribution in [0.4, 0.5) is 0 Å². The molecular weight excluding hydrogens is 268 g/mol. The first-order valence-corrected chi connectivity index (χ1v) is 7.39. The van der Waals surface area contributed by atoms with Crippen molar-refractivity contribution >= 4 is 10.0 Å². The highest BCUT2D eigenvalue weighted by Crippen LogP contribution is 2.11. The number of aryl methyl sites for hydroxylation is 2. The van der Waals surface area contributed by atoms with Crippen molar-refractivity contribution in [2.75, 3.05) is 0 Å². The fraction of sp³-hybridized carbons (Fsp3) is 0.500. The minimum Gasteiger partial charge on any atom is -0.327 e. The first-order valence-electron chi connectivity index (χ1n) is 5.84. The molecule has 19 heavy (non-hydrogen) atoms. The van der Waals surface area contributed by atoms with Gasteiger partial charge in [0.25, 0.3) is 10.0 Å². The minimum absolute atomic E-state index is 0.111. The van der Waals surface area contributed by atoms with Gasteiger partial charge in [-0.15, -0.1) is 5.10 Å². The number of imidazole rings is 1. The van der Waals surface area contributed by atoms with E-state index in [2.05, 4.69) is 15.3 Å². The van der Waals surface area contributed by atoms with Gasteiger partial charge in [0, 0.05) is 25.9 Å². The Labute approximate surface area is 111 Å². The fourth-order valence-corrected chi connectivity index (χ4v) is 2.27. The van der Waals surface area contributed by atoms with Gasteiger partial charge in [-0.3, -0.25) is 4.68 Å². The molecule has 2 N–H and O–H groups in total. The molecule has 2 aromatic rings. The molecule has 0 bridgehead atoms. The summed E-state index contributed by atoms with van der Waals surface area (Å²) >= 11 is 0. The third-order valence-corrected chi connectivity index (χ3v) is 3.36. The standard InChI is InChI=1S/C10H16N6O2S/c1-3-4-9-12-10(19(11,17)18)7-16(9)6-8-5-15(2)14-13-8/h5,7H,3-4,6H2,1-2H3,(H2,11,17,18). The van der Waals surface area contributed by atoms with Crippen molar-refractivity contribution in [1.82, 2.24) is 24.5 Å². The summed E-state index contributed by atoms with van der Waals surface area (Å²) in [6.07, 6.45) is 4.75. The lowest BCUT2D eigenvalue weighted by atomic mass is 10.3. The van der Waals surface area contributed by atoms with E-state index in [1.807, 2.05) is 6.92 Å². The summed E-state index contributed by atoms with van der Waals surface area (Å²) in [5.41, 5.74) is 0.734. The van der Waals surface area contributed by atoms with Crippen molar-refractivity contribution in [1.29, 1.82) is 0 Å². The summed E-state index contributed by atoms with van der Waals surface area (Å²) in [6, 6.07) is 0. The van der Waals surface area contributed by atoms with Gasteiger partial charge in [0.1, 0.15) is 11.5 Å². The van der Waals surface area contributed by atoms with Crippen LogP contribution in [-0.4, -0.2) is 33.0 Å². The van der Waals surface area contributed by atoms with E-state index in [1.165, 1.54) is 6.20 Å². The second kappa shape index (κ2) is 5.10. The topological polar surface area (TPSA) is 109 Å². The molecule has 0 saturated heterocycles. The van der Waals surface area contributed by atoms with E-state index >= 15 is 0 Å². The molecule has 0 atom stereocenters. The highest BCUT2D eigenvalue weighted by molar-refractivity contribution is 7.89. The van der Waals surface area contributed by atoms with Crippen LogP contribution in [0.15, 0.2) is 17.4 Å². The monoisotopic (exact) mass is 284 g/mol. The molecule has 0 aromatic carbocycles. The van der Waals surface area contributed by atoms with Crippen molar-refractivity contribution in [2.24, 2.45) is 12.2 Å². The van der Waals surface area contributed by atoms with Crippen LogP contribution in [0.25, 0.3) is 0 Å². The predicted octanol–water partition coefficient (Wildman–Crippen LogP) is -0.340. The van der Waals surface area contributed by atoms with E-state index < -0.39 is 10.0 Å². The minimum atomic E-state index is -3.78. The van der Waals surface area contributed by atoms with Crippen LogP contribution in [0.2, 0.25) is 0 Å². The molecule has 9 heteroatoms. The van der Waals surface area contributed by atoms with Crippen LogP contribution >= 0.6 is 0 Å². The molecule has 0 aliphatic heterocycles. The normalized spacial score (nSPS) is 11.9. The Kier molecular flexibility index (Phi) is 3.67. The van der Waals surface area contributed by atoms with Gasteiger partial charge in [0.2, 0.25) is 0 Å². The number of aromatic nitrogens is 5. The zero-order valence-corrected chi connectivity index (χ0v) is 11.6. The molecule has 0 amide bonds. The summed E-state index contributed by atoms with van der Waals surface area (Å²) in [6.45, 7) is 2.42. The third kappa shape index (κ3) is 3.18. The Bertz CT molecular complexity index is 672. The molecule has 2 aromatic heterocycles. The highest BCUT2D eigenvalue weighted by Gasteiger charge is 2.16. The Morgan fingerprint density at radius 1 is 1.37 bits per heavy atom. The van der Waals surface area contributed by atoms with Gasteiger partial charge in [-0.25, -0.2) is 18.5 Å². The van der Waals surface area contributed by atoms with Crippen LogP contribution in [-0.2, 0) is 30.0 Å². The van der Waals surface area contributed by atoms with Crippen LogP contribution in [0, 0.1) is 0 Å². The van der Waals surface area contributed by atoms with E-state index in [1.54, 1.807) is 22.5 Å². The van der Waals surface area contributed by atoms with Gasteiger partial charge >= 0.3 is 0 Å². The molecule has 0 aliphatic carbocycles. The van der Waals surface area contributed by atoms with Crippen molar-refractivity contribution in [3.63, 3.8) is 0 Å². The van der Waals surface area contributed by atoms with E-state index in [4.69, 9.17) is 5.14 Å². The number of primary sulfonamides is 1. The average Bonchev–Trinajstić information content (AvgIpc) is 2.87. The van der Waals surface area contributed by atoms with Crippen LogP contribution in [0.1, 0.15) is 24.9 Å². The van der Waals surface area contributed by atoms with Gasteiger partial charge in [-0.05, 0) is 6.42 Å². The molecule has 0 fully saturated rings. The van der Waals surface area contributed by atoms with Crippen molar-refractivity contribution < 1.29 is 8.42 Å². The zero-order chi connectivity index (χ0) is 14.0. The molecule has 0 unspecified atom stereocenters. The Balaban J connectivity index is 2.35. The van der Waals surface area contributed by atoms with Crippen LogP contribution < -0.4 is 5.14 Å². The zero-order valence-electron chi connectivity index (χ0n) is 10.8. The lowest BCUT2D eigenvalue weighted by Gasteiger charge is -2.03. The number of hydrogen-bond acceptors (Lipinski definition) is 5. The fourth-order valence-electron chi connectivity index (χ4n) is 1.77. The lowest BCUT2D eigenvalue weighted by molar-refractivity contribution is 0.594. The molecular formula is C10H16N6O2S.